The summed E-state index contributed by atoms with van der Waals surface area (Å²) >= 11 is 0. The quantitative estimate of drug-likeness (QED) is 0.218. The van der Waals surface area contributed by atoms with Crippen LogP contribution in [0.3, 0.4) is 0 Å². The Morgan fingerprint density at radius 2 is 1.96 bits per heavy atom. The summed E-state index contributed by atoms with van der Waals surface area (Å²) in [4.78, 5) is 24.3. The minimum absolute atomic E-state index is 0.0200. The molecule has 0 radical (unpaired) electrons. The predicted molar refractivity (Wildman–Crippen MR) is 76.3 cm³/mol. The third-order valence-electron chi connectivity index (χ3n) is 3.40. The van der Waals surface area contributed by atoms with E-state index in [0.717, 1.165) is 26.0 Å². The van der Waals surface area contributed by atoms with Gasteiger partial charge in [-0.3, -0.25) is 4.79 Å². The largest absolute Gasteiger partial charge is 0.462 e. The molecule has 0 spiro atoms. The molecule has 0 aromatic heterocycles. The van der Waals surface area contributed by atoms with Gasteiger partial charge in [-0.2, -0.15) is 0 Å². The lowest BCUT2D eigenvalue weighted by Crippen LogP contribution is -2.22. The number of carbonyl (C=O) groups is 2. The van der Waals surface area contributed by atoms with E-state index >= 15 is 0 Å². The fourth-order valence-electron chi connectivity index (χ4n) is 1.92. The molecule has 23 heavy (non-hydrogen) atoms. The maximum atomic E-state index is 14.1. The van der Waals surface area contributed by atoms with Crippen molar-refractivity contribution in [3.05, 3.63) is 46.4 Å². The van der Waals surface area contributed by atoms with Crippen LogP contribution in [0.25, 0.3) is 0 Å². The molecule has 0 aliphatic heterocycles. The highest BCUT2D eigenvalue weighted by atomic mass is 19.2. The van der Waals surface area contributed by atoms with Crippen molar-refractivity contribution in [3.63, 3.8) is 0 Å². The smallest absolute Gasteiger partial charge is 0.343 e. The van der Waals surface area contributed by atoms with Crippen LogP contribution in [0.1, 0.15) is 35.7 Å². The maximum Gasteiger partial charge on any atom is 0.343 e. The SMILES string of the molecule is CCOC(=O)/C(=C\NC1CC1)C(=O)c1cc(F)c(F)c(C)c1F. The Labute approximate surface area is 131 Å². The number of hydrogen-bond acceptors (Lipinski definition) is 4. The van der Waals surface area contributed by atoms with E-state index in [4.69, 9.17) is 4.74 Å². The Balaban J connectivity index is 2.40. The van der Waals surface area contributed by atoms with Crippen molar-refractivity contribution in [2.24, 2.45) is 0 Å². The van der Waals surface area contributed by atoms with Crippen LogP contribution in [-0.4, -0.2) is 24.4 Å². The van der Waals surface area contributed by atoms with Gasteiger partial charge in [0.05, 0.1) is 12.2 Å². The summed E-state index contributed by atoms with van der Waals surface area (Å²) in [6, 6.07) is 0.591. The summed E-state index contributed by atoms with van der Waals surface area (Å²) in [6.45, 7) is 2.59. The number of carbonyl (C=O) groups excluding carboxylic acids is 2. The van der Waals surface area contributed by atoms with Crippen molar-refractivity contribution in [2.45, 2.75) is 32.7 Å². The lowest BCUT2D eigenvalue weighted by Gasteiger charge is -2.10. The van der Waals surface area contributed by atoms with Crippen LogP contribution in [0.15, 0.2) is 17.8 Å². The second-order valence-corrected chi connectivity index (χ2v) is 5.21. The van der Waals surface area contributed by atoms with Gasteiger partial charge in [-0.1, -0.05) is 0 Å². The van der Waals surface area contributed by atoms with E-state index in [0.29, 0.717) is 6.07 Å². The molecular weight excluding hydrogens is 311 g/mol. The van der Waals surface area contributed by atoms with Crippen LogP contribution < -0.4 is 5.32 Å². The molecule has 0 heterocycles. The number of nitrogens with one attached hydrogen (secondary N) is 1. The molecule has 0 amide bonds. The minimum Gasteiger partial charge on any atom is -0.462 e. The van der Waals surface area contributed by atoms with E-state index < -0.39 is 45.9 Å². The molecular formula is C16H16F3NO3. The van der Waals surface area contributed by atoms with Gasteiger partial charge < -0.3 is 10.1 Å². The third-order valence-corrected chi connectivity index (χ3v) is 3.40. The molecule has 1 aromatic rings. The second kappa shape index (κ2) is 6.85. The summed E-state index contributed by atoms with van der Waals surface area (Å²) in [5.41, 5.74) is -1.78. The Kier molecular flexibility index (Phi) is 5.08. The van der Waals surface area contributed by atoms with Gasteiger partial charge in [0.2, 0.25) is 5.78 Å². The van der Waals surface area contributed by atoms with E-state index in [9.17, 15) is 22.8 Å². The van der Waals surface area contributed by atoms with Gasteiger partial charge >= 0.3 is 5.97 Å². The number of halogens is 3. The second-order valence-electron chi connectivity index (χ2n) is 5.21. The van der Waals surface area contributed by atoms with Gasteiger partial charge in [-0.05, 0) is 32.8 Å². The van der Waals surface area contributed by atoms with Crippen molar-refractivity contribution < 1.29 is 27.5 Å². The molecule has 1 aliphatic rings. The van der Waals surface area contributed by atoms with Crippen LogP contribution in [-0.2, 0) is 9.53 Å². The number of ether oxygens (including phenoxy) is 1. The lowest BCUT2D eigenvalue weighted by atomic mass is 10.0. The Hall–Kier alpha value is -2.31. The minimum atomic E-state index is -1.36. The number of rotatable bonds is 6. The first-order valence-electron chi connectivity index (χ1n) is 7.18. The molecule has 0 bridgehead atoms. The Morgan fingerprint density at radius 1 is 1.30 bits per heavy atom. The predicted octanol–water partition coefficient (Wildman–Crippen LogP) is 2.79. The molecule has 0 saturated heterocycles. The number of hydrogen-bond donors (Lipinski definition) is 1. The summed E-state index contributed by atoms with van der Waals surface area (Å²) in [6.07, 6.45) is 2.92. The molecule has 0 atom stereocenters. The van der Waals surface area contributed by atoms with Crippen LogP contribution in [0.4, 0.5) is 13.2 Å². The fourth-order valence-corrected chi connectivity index (χ4v) is 1.92. The average molecular weight is 327 g/mol. The highest BCUT2D eigenvalue weighted by Gasteiger charge is 2.28. The lowest BCUT2D eigenvalue weighted by molar-refractivity contribution is -0.138. The van der Waals surface area contributed by atoms with Crippen molar-refractivity contribution in [1.29, 1.82) is 0 Å². The molecule has 1 saturated carbocycles. The molecule has 124 valence electrons. The van der Waals surface area contributed by atoms with E-state index in [1.54, 1.807) is 6.92 Å². The molecule has 0 unspecified atom stereocenters. The van der Waals surface area contributed by atoms with Crippen LogP contribution in [0.5, 0.6) is 0 Å². The molecule has 7 heteroatoms. The molecule has 1 aliphatic carbocycles. The molecule has 1 N–H and O–H groups in total. The van der Waals surface area contributed by atoms with Crippen molar-refractivity contribution in [3.8, 4) is 0 Å². The first-order chi connectivity index (χ1) is 10.9. The summed E-state index contributed by atoms with van der Waals surface area (Å²) in [5.74, 6) is -5.93. The zero-order chi connectivity index (χ0) is 17.1. The highest BCUT2D eigenvalue weighted by molar-refractivity contribution is 6.24. The average Bonchev–Trinajstić information content (AvgIpc) is 3.33. The maximum absolute atomic E-state index is 14.1. The van der Waals surface area contributed by atoms with Gasteiger partial charge in [0.15, 0.2) is 11.6 Å². The highest BCUT2D eigenvalue weighted by Crippen LogP contribution is 2.23. The third kappa shape index (κ3) is 3.72. The standard InChI is InChI=1S/C16H16F3NO3/c1-3-23-16(22)11(7-20-9-4-5-9)15(21)10-6-12(17)14(19)8(2)13(10)18/h6-7,9,20H,3-5H2,1-2H3/b11-7-. The first kappa shape index (κ1) is 17.1. The fraction of sp³-hybridized carbons (Fsp3) is 0.375. The van der Waals surface area contributed by atoms with E-state index in [1.807, 2.05) is 0 Å². The Bertz CT molecular complexity index is 682. The van der Waals surface area contributed by atoms with Gasteiger partial charge in [0.1, 0.15) is 11.4 Å². The topological polar surface area (TPSA) is 55.4 Å². The summed E-state index contributed by atoms with van der Waals surface area (Å²) in [7, 11) is 0. The number of benzene rings is 1. The van der Waals surface area contributed by atoms with Gasteiger partial charge in [-0.25, -0.2) is 18.0 Å². The molecule has 2 rings (SSSR count). The zero-order valence-electron chi connectivity index (χ0n) is 12.7. The molecule has 1 aromatic carbocycles. The van der Waals surface area contributed by atoms with E-state index in [-0.39, 0.29) is 12.6 Å². The van der Waals surface area contributed by atoms with Crippen molar-refractivity contribution in [1.82, 2.24) is 5.32 Å². The molecule has 1 fully saturated rings. The monoisotopic (exact) mass is 327 g/mol. The van der Waals surface area contributed by atoms with Gasteiger partial charge in [0, 0.05) is 17.8 Å². The summed E-state index contributed by atoms with van der Waals surface area (Å²) < 4.78 is 45.7. The number of ketones is 1. The van der Waals surface area contributed by atoms with Gasteiger partial charge in [0.25, 0.3) is 0 Å². The van der Waals surface area contributed by atoms with E-state index in [1.165, 1.54) is 0 Å². The number of esters is 1. The summed E-state index contributed by atoms with van der Waals surface area (Å²) in [5, 5.41) is 2.83. The first-order valence-corrected chi connectivity index (χ1v) is 7.18. The van der Waals surface area contributed by atoms with Gasteiger partial charge in [-0.15, -0.1) is 0 Å². The Morgan fingerprint density at radius 3 is 2.52 bits per heavy atom. The van der Waals surface area contributed by atoms with Crippen LogP contribution >= 0.6 is 0 Å². The van der Waals surface area contributed by atoms with Crippen molar-refractivity contribution in [2.75, 3.05) is 6.61 Å². The van der Waals surface area contributed by atoms with Crippen LogP contribution in [0.2, 0.25) is 0 Å². The van der Waals surface area contributed by atoms with E-state index in [2.05, 4.69) is 5.32 Å². The normalized spacial score (nSPS) is 14.6. The van der Waals surface area contributed by atoms with Crippen LogP contribution in [0, 0.1) is 24.4 Å². The zero-order valence-corrected chi connectivity index (χ0v) is 12.7. The number of Topliss-reactive ketones (excluding diaryl/α,β-unsaturated/α-hetero) is 1. The molecule has 4 nitrogen and oxygen atoms in total. The van der Waals surface area contributed by atoms with Crippen molar-refractivity contribution >= 4 is 11.8 Å².